The van der Waals surface area contributed by atoms with Crippen LogP contribution >= 0.6 is 0 Å². The summed E-state index contributed by atoms with van der Waals surface area (Å²) in [5, 5.41) is 0. The minimum absolute atomic E-state index is 0.111. The number of hydrogen-bond acceptors (Lipinski definition) is 5. The van der Waals surface area contributed by atoms with Crippen molar-refractivity contribution in [2.75, 3.05) is 18.6 Å². The highest BCUT2D eigenvalue weighted by atomic mass is 19.4. The van der Waals surface area contributed by atoms with Gasteiger partial charge < -0.3 is 14.4 Å². The second kappa shape index (κ2) is 7.58. The Morgan fingerprint density at radius 3 is 2.48 bits per heavy atom. The fraction of sp³-hybridized carbons (Fsp3) is 0.412. The van der Waals surface area contributed by atoms with E-state index in [1.54, 1.807) is 31.2 Å². The number of anilines is 2. The summed E-state index contributed by atoms with van der Waals surface area (Å²) < 4.78 is 51.0. The van der Waals surface area contributed by atoms with Gasteiger partial charge in [-0.2, -0.15) is 18.2 Å². The van der Waals surface area contributed by atoms with E-state index in [0.717, 1.165) is 6.20 Å². The third kappa shape index (κ3) is 4.52. The van der Waals surface area contributed by atoms with E-state index in [1.165, 1.54) is 11.9 Å². The van der Waals surface area contributed by atoms with E-state index in [9.17, 15) is 13.2 Å². The standard InChI is InChI=1S/C17H20F3N3O2/c1-5-24-16-21-10-12(17(18,19)20)15(22-16)23(4)13-8-6-7-9-14(13)25-11(2)3/h6-11H,5H2,1-4H3. The van der Waals surface area contributed by atoms with Crippen molar-refractivity contribution in [2.45, 2.75) is 33.1 Å². The van der Waals surface area contributed by atoms with Crippen molar-refractivity contribution in [3.8, 4) is 11.8 Å². The predicted octanol–water partition coefficient (Wildman–Crippen LogP) is 4.45. The lowest BCUT2D eigenvalue weighted by Crippen LogP contribution is -2.20. The van der Waals surface area contributed by atoms with Gasteiger partial charge in [0.25, 0.3) is 0 Å². The molecule has 0 radical (unpaired) electrons. The fourth-order valence-corrected chi connectivity index (χ4v) is 2.21. The van der Waals surface area contributed by atoms with Crippen LogP contribution in [0.15, 0.2) is 30.5 Å². The van der Waals surface area contributed by atoms with Gasteiger partial charge in [-0.05, 0) is 32.9 Å². The maximum absolute atomic E-state index is 13.4. The number of rotatable bonds is 6. The third-order valence-corrected chi connectivity index (χ3v) is 3.23. The van der Waals surface area contributed by atoms with Crippen LogP contribution in [0.5, 0.6) is 11.8 Å². The number of ether oxygens (including phenoxy) is 2. The van der Waals surface area contributed by atoms with Crippen LogP contribution < -0.4 is 14.4 Å². The van der Waals surface area contributed by atoms with Crippen molar-refractivity contribution in [3.05, 3.63) is 36.0 Å². The van der Waals surface area contributed by atoms with Crippen molar-refractivity contribution in [3.63, 3.8) is 0 Å². The van der Waals surface area contributed by atoms with Crippen molar-refractivity contribution >= 4 is 11.5 Å². The molecule has 2 rings (SSSR count). The Labute approximate surface area is 144 Å². The number of alkyl halides is 3. The van der Waals surface area contributed by atoms with E-state index < -0.39 is 11.7 Å². The van der Waals surface area contributed by atoms with Crippen molar-refractivity contribution in [2.24, 2.45) is 0 Å². The zero-order chi connectivity index (χ0) is 18.6. The Morgan fingerprint density at radius 2 is 1.88 bits per heavy atom. The highest BCUT2D eigenvalue weighted by molar-refractivity contribution is 5.68. The molecule has 0 unspecified atom stereocenters. The summed E-state index contributed by atoms with van der Waals surface area (Å²) in [6.45, 7) is 5.64. The molecule has 8 heteroatoms. The molecular formula is C17H20F3N3O2. The second-order valence-corrected chi connectivity index (χ2v) is 5.51. The highest BCUT2D eigenvalue weighted by Crippen LogP contribution is 2.40. The number of para-hydroxylation sites is 2. The van der Waals surface area contributed by atoms with Gasteiger partial charge in [0.05, 0.1) is 18.4 Å². The molecule has 0 atom stereocenters. The maximum Gasteiger partial charge on any atom is 0.421 e. The number of nitrogens with zero attached hydrogens (tertiary/aromatic N) is 3. The summed E-state index contributed by atoms with van der Waals surface area (Å²) in [7, 11) is 1.50. The molecule has 0 spiro atoms. The zero-order valence-electron chi connectivity index (χ0n) is 14.5. The average Bonchev–Trinajstić information content (AvgIpc) is 2.53. The Morgan fingerprint density at radius 1 is 1.20 bits per heavy atom. The minimum Gasteiger partial charge on any atom is -0.489 e. The van der Waals surface area contributed by atoms with E-state index in [1.807, 2.05) is 13.8 Å². The Bertz CT molecular complexity index is 721. The largest absolute Gasteiger partial charge is 0.489 e. The van der Waals surface area contributed by atoms with Gasteiger partial charge in [-0.15, -0.1) is 0 Å². The van der Waals surface area contributed by atoms with Gasteiger partial charge in [-0.1, -0.05) is 12.1 Å². The molecule has 0 aliphatic rings. The van der Waals surface area contributed by atoms with Gasteiger partial charge in [0, 0.05) is 13.2 Å². The SMILES string of the molecule is CCOc1ncc(C(F)(F)F)c(N(C)c2ccccc2OC(C)C)n1. The molecule has 0 saturated heterocycles. The summed E-state index contributed by atoms with van der Waals surface area (Å²) >= 11 is 0. The molecule has 2 aromatic rings. The molecule has 0 aliphatic carbocycles. The number of hydrogen-bond donors (Lipinski definition) is 0. The van der Waals surface area contributed by atoms with Gasteiger partial charge in [-0.3, -0.25) is 0 Å². The lowest BCUT2D eigenvalue weighted by atomic mass is 10.2. The lowest BCUT2D eigenvalue weighted by Gasteiger charge is -2.25. The molecule has 25 heavy (non-hydrogen) atoms. The Kier molecular flexibility index (Phi) is 5.71. The molecule has 0 bridgehead atoms. The maximum atomic E-state index is 13.4. The molecule has 0 fully saturated rings. The van der Waals surface area contributed by atoms with E-state index in [4.69, 9.17) is 9.47 Å². The first-order valence-corrected chi connectivity index (χ1v) is 7.80. The van der Waals surface area contributed by atoms with Crippen LogP contribution in [0.25, 0.3) is 0 Å². The van der Waals surface area contributed by atoms with E-state index in [-0.39, 0.29) is 24.5 Å². The Hall–Kier alpha value is -2.51. The minimum atomic E-state index is -4.60. The zero-order valence-corrected chi connectivity index (χ0v) is 14.5. The number of benzene rings is 1. The van der Waals surface area contributed by atoms with Crippen LogP contribution in [0.3, 0.4) is 0 Å². The summed E-state index contributed by atoms with van der Waals surface area (Å²) in [6, 6.07) is 6.73. The van der Waals surface area contributed by atoms with Gasteiger partial charge in [0.1, 0.15) is 11.3 Å². The fourth-order valence-electron chi connectivity index (χ4n) is 2.21. The van der Waals surface area contributed by atoms with Crippen LogP contribution in [-0.4, -0.2) is 29.7 Å². The van der Waals surface area contributed by atoms with Gasteiger partial charge >= 0.3 is 12.2 Å². The Balaban J connectivity index is 2.54. The number of halogens is 3. The normalized spacial score (nSPS) is 11.5. The molecular weight excluding hydrogens is 335 g/mol. The molecule has 0 saturated carbocycles. The smallest absolute Gasteiger partial charge is 0.421 e. The highest BCUT2D eigenvalue weighted by Gasteiger charge is 2.37. The van der Waals surface area contributed by atoms with Crippen molar-refractivity contribution in [1.82, 2.24) is 9.97 Å². The molecule has 1 heterocycles. The first-order chi connectivity index (χ1) is 11.7. The lowest BCUT2D eigenvalue weighted by molar-refractivity contribution is -0.137. The van der Waals surface area contributed by atoms with E-state index in [0.29, 0.717) is 11.4 Å². The van der Waals surface area contributed by atoms with Gasteiger partial charge in [0.2, 0.25) is 0 Å². The van der Waals surface area contributed by atoms with Gasteiger partial charge in [-0.25, -0.2) is 4.98 Å². The van der Waals surface area contributed by atoms with E-state index in [2.05, 4.69) is 9.97 Å². The van der Waals surface area contributed by atoms with Crippen LogP contribution in [-0.2, 0) is 6.18 Å². The van der Waals surface area contributed by atoms with Crippen molar-refractivity contribution in [1.29, 1.82) is 0 Å². The molecule has 0 amide bonds. The van der Waals surface area contributed by atoms with Crippen molar-refractivity contribution < 1.29 is 22.6 Å². The van der Waals surface area contributed by atoms with Crippen LogP contribution in [0.1, 0.15) is 26.3 Å². The predicted molar refractivity (Wildman–Crippen MR) is 88.5 cm³/mol. The summed E-state index contributed by atoms with van der Waals surface area (Å²) in [5.41, 5.74) is -0.486. The third-order valence-electron chi connectivity index (χ3n) is 3.23. The topological polar surface area (TPSA) is 47.5 Å². The van der Waals surface area contributed by atoms with E-state index >= 15 is 0 Å². The van der Waals surface area contributed by atoms with Crippen LogP contribution in [0, 0.1) is 0 Å². The molecule has 136 valence electrons. The molecule has 5 nitrogen and oxygen atoms in total. The average molecular weight is 355 g/mol. The van der Waals surface area contributed by atoms with Crippen LogP contribution in [0.2, 0.25) is 0 Å². The first-order valence-electron chi connectivity index (χ1n) is 7.80. The number of aromatic nitrogens is 2. The molecule has 0 aliphatic heterocycles. The summed E-state index contributed by atoms with van der Waals surface area (Å²) in [5.74, 6) is 0.162. The van der Waals surface area contributed by atoms with Crippen LogP contribution in [0.4, 0.5) is 24.7 Å². The summed E-state index contributed by atoms with van der Waals surface area (Å²) in [4.78, 5) is 8.90. The second-order valence-electron chi connectivity index (χ2n) is 5.51. The summed E-state index contributed by atoms with van der Waals surface area (Å²) in [6.07, 6.45) is -3.99. The molecule has 0 N–H and O–H groups in total. The molecule has 1 aromatic carbocycles. The van der Waals surface area contributed by atoms with Gasteiger partial charge in [0.15, 0.2) is 5.82 Å². The molecule has 1 aromatic heterocycles. The quantitative estimate of drug-likeness (QED) is 0.766. The first kappa shape index (κ1) is 18.8. The monoisotopic (exact) mass is 355 g/mol.